The van der Waals surface area contributed by atoms with Gasteiger partial charge in [0.2, 0.25) is 0 Å². The molecule has 20 heavy (non-hydrogen) atoms. The largest absolute Gasteiger partial charge is 0.383 e. The summed E-state index contributed by atoms with van der Waals surface area (Å²) in [7, 11) is 1.75. The van der Waals surface area contributed by atoms with Crippen LogP contribution in [0.1, 0.15) is 31.6 Å². The van der Waals surface area contributed by atoms with E-state index in [0.717, 1.165) is 43.4 Å². The molecule has 2 heterocycles. The Hall–Kier alpha value is -1.39. The molecule has 0 spiro atoms. The number of fused-ring (bicyclic) bond motifs is 1. The predicted octanol–water partition coefficient (Wildman–Crippen LogP) is 2.74. The number of rotatable bonds is 4. The molecule has 2 atom stereocenters. The van der Waals surface area contributed by atoms with Gasteiger partial charge in [-0.3, -0.25) is 0 Å². The summed E-state index contributed by atoms with van der Waals surface area (Å²) in [5, 5.41) is 3.62. The molecule has 4 nitrogen and oxygen atoms in total. The molecular formula is C16H23N3O. The Bertz CT molecular complexity index is 578. The molecule has 0 radical (unpaired) electrons. The molecule has 1 fully saturated rings. The minimum Gasteiger partial charge on any atom is -0.383 e. The summed E-state index contributed by atoms with van der Waals surface area (Å²) in [5.74, 6) is 1.92. The number of hydrogen-bond acceptors (Lipinski definition) is 3. The quantitative estimate of drug-likeness (QED) is 0.931. The highest BCUT2D eigenvalue weighted by atomic mass is 16.5. The van der Waals surface area contributed by atoms with Crippen molar-refractivity contribution in [3.63, 3.8) is 0 Å². The molecule has 0 bridgehead atoms. The van der Waals surface area contributed by atoms with Crippen molar-refractivity contribution < 1.29 is 4.74 Å². The summed E-state index contributed by atoms with van der Waals surface area (Å²) in [4.78, 5) is 4.87. The molecule has 0 aliphatic carbocycles. The van der Waals surface area contributed by atoms with Crippen molar-refractivity contribution in [1.82, 2.24) is 14.9 Å². The maximum Gasteiger partial charge on any atom is 0.127 e. The number of nitrogens with zero attached hydrogens (tertiary/aromatic N) is 2. The Labute approximate surface area is 120 Å². The third kappa shape index (κ3) is 2.58. The van der Waals surface area contributed by atoms with Gasteiger partial charge in [0.25, 0.3) is 0 Å². The molecular weight excluding hydrogens is 250 g/mol. The van der Waals surface area contributed by atoms with Crippen LogP contribution in [0.4, 0.5) is 0 Å². The lowest BCUT2D eigenvalue weighted by Gasteiger charge is -2.28. The van der Waals surface area contributed by atoms with Crippen LogP contribution in [0, 0.1) is 5.92 Å². The van der Waals surface area contributed by atoms with Gasteiger partial charge in [0.15, 0.2) is 0 Å². The number of methoxy groups -OCH3 is 1. The lowest BCUT2D eigenvalue weighted by molar-refractivity contribution is 0.185. The molecule has 1 aromatic heterocycles. The number of ether oxygens (including phenoxy) is 1. The van der Waals surface area contributed by atoms with Gasteiger partial charge in [-0.2, -0.15) is 0 Å². The van der Waals surface area contributed by atoms with E-state index in [2.05, 4.69) is 41.1 Å². The lowest BCUT2D eigenvalue weighted by Crippen LogP contribution is -2.33. The van der Waals surface area contributed by atoms with Crippen LogP contribution < -0.4 is 5.32 Å². The molecule has 2 unspecified atom stereocenters. The third-order valence-corrected chi connectivity index (χ3v) is 4.18. The standard InChI is InChI=1S/C16H23N3O/c1-12-7-8-17-14(11-12)16-18-13-5-3-4-6-15(13)19(16)9-10-20-2/h3-6,12,14,17H,7-11H2,1-2H3. The number of para-hydroxylation sites is 2. The number of hydrogen-bond donors (Lipinski definition) is 1. The van der Waals surface area contributed by atoms with E-state index in [-0.39, 0.29) is 0 Å². The summed E-state index contributed by atoms with van der Waals surface area (Å²) in [5.41, 5.74) is 2.29. The van der Waals surface area contributed by atoms with Gasteiger partial charge in [0.05, 0.1) is 23.7 Å². The summed E-state index contributed by atoms with van der Waals surface area (Å²) in [6, 6.07) is 8.73. The van der Waals surface area contributed by atoms with Crippen molar-refractivity contribution in [2.45, 2.75) is 32.4 Å². The second-order valence-corrected chi connectivity index (χ2v) is 5.74. The number of piperidine rings is 1. The van der Waals surface area contributed by atoms with Crippen LogP contribution in [-0.4, -0.2) is 29.8 Å². The Morgan fingerprint density at radius 1 is 1.40 bits per heavy atom. The third-order valence-electron chi connectivity index (χ3n) is 4.18. The highest BCUT2D eigenvalue weighted by Crippen LogP contribution is 2.29. The monoisotopic (exact) mass is 273 g/mol. The first-order valence-corrected chi connectivity index (χ1v) is 7.47. The van der Waals surface area contributed by atoms with E-state index in [1.54, 1.807) is 7.11 Å². The Kier molecular flexibility index (Phi) is 4.03. The summed E-state index contributed by atoms with van der Waals surface area (Å²) in [6.45, 7) is 4.99. The van der Waals surface area contributed by atoms with Gasteiger partial charge in [-0.15, -0.1) is 0 Å². The van der Waals surface area contributed by atoms with Gasteiger partial charge >= 0.3 is 0 Å². The van der Waals surface area contributed by atoms with Crippen LogP contribution in [0.3, 0.4) is 0 Å². The second kappa shape index (κ2) is 5.94. The van der Waals surface area contributed by atoms with Crippen molar-refractivity contribution >= 4 is 11.0 Å². The molecule has 3 rings (SSSR count). The smallest absolute Gasteiger partial charge is 0.127 e. The van der Waals surface area contributed by atoms with Crippen molar-refractivity contribution in [2.24, 2.45) is 5.92 Å². The van der Waals surface area contributed by atoms with Crippen LogP contribution in [0.5, 0.6) is 0 Å². The van der Waals surface area contributed by atoms with Crippen LogP contribution in [0.25, 0.3) is 11.0 Å². The zero-order valence-electron chi connectivity index (χ0n) is 12.3. The first kappa shape index (κ1) is 13.6. The minimum absolute atomic E-state index is 0.364. The predicted molar refractivity (Wildman–Crippen MR) is 80.8 cm³/mol. The highest BCUT2D eigenvalue weighted by Gasteiger charge is 2.24. The van der Waals surface area contributed by atoms with Gasteiger partial charge in [0, 0.05) is 13.7 Å². The van der Waals surface area contributed by atoms with Gasteiger partial charge in [-0.05, 0) is 37.4 Å². The average molecular weight is 273 g/mol. The number of aromatic nitrogens is 2. The Morgan fingerprint density at radius 2 is 2.25 bits per heavy atom. The molecule has 0 saturated carbocycles. The van der Waals surface area contributed by atoms with Gasteiger partial charge in [-0.25, -0.2) is 4.98 Å². The molecule has 1 aromatic carbocycles. The first-order valence-electron chi connectivity index (χ1n) is 7.47. The number of imidazole rings is 1. The van der Waals surface area contributed by atoms with E-state index < -0.39 is 0 Å². The van der Waals surface area contributed by atoms with E-state index in [9.17, 15) is 0 Å². The Balaban J connectivity index is 1.99. The zero-order chi connectivity index (χ0) is 13.9. The fourth-order valence-corrected chi connectivity index (χ4v) is 3.08. The summed E-state index contributed by atoms with van der Waals surface area (Å²) in [6.07, 6.45) is 2.42. The van der Waals surface area contributed by atoms with Gasteiger partial charge in [0.1, 0.15) is 5.82 Å². The van der Waals surface area contributed by atoms with Crippen LogP contribution in [0.15, 0.2) is 24.3 Å². The molecule has 108 valence electrons. The van der Waals surface area contributed by atoms with Gasteiger partial charge in [-0.1, -0.05) is 19.1 Å². The van der Waals surface area contributed by atoms with E-state index in [0.29, 0.717) is 6.04 Å². The summed E-state index contributed by atoms with van der Waals surface area (Å²) >= 11 is 0. The fraction of sp³-hybridized carbons (Fsp3) is 0.562. The van der Waals surface area contributed by atoms with Crippen molar-refractivity contribution in [2.75, 3.05) is 20.3 Å². The molecule has 4 heteroatoms. The lowest BCUT2D eigenvalue weighted by atomic mass is 9.94. The molecule has 1 N–H and O–H groups in total. The van der Waals surface area contributed by atoms with E-state index in [4.69, 9.17) is 9.72 Å². The topological polar surface area (TPSA) is 39.1 Å². The van der Waals surface area contributed by atoms with Crippen LogP contribution in [0.2, 0.25) is 0 Å². The van der Waals surface area contributed by atoms with Crippen LogP contribution in [-0.2, 0) is 11.3 Å². The second-order valence-electron chi connectivity index (χ2n) is 5.74. The highest BCUT2D eigenvalue weighted by molar-refractivity contribution is 5.76. The molecule has 1 saturated heterocycles. The van der Waals surface area contributed by atoms with Crippen molar-refractivity contribution in [3.05, 3.63) is 30.1 Å². The normalized spacial score (nSPS) is 23.3. The number of benzene rings is 1. The van der Waals surface area contributed by atoms with E-state index in [1.165, 1.54) is 11.9 Å². The average Bonchev–Trinajstić information content (AvgIpc) is 2.84. The van der Waals surface area contributed by atoms with E-state index in [1.807, 2.05) is 0 Å². The SMILES string of the molecule is COCCn1c(C2CC(C)CCN2)nc2ccccc21. The minimum atomic E-state index is 0.364. The van der Waals surface area contributed by atoms with Crippen molar-refractivity contribution in [1.29, 1.82) is 0 Å². The molecule has 2 aromatic rings. The van der Waals surface area contributed by atoms with Crippen molar-refractivity contribution in [3.8, 4) is 0 Å². The first-order chi connectivity index (χ1) is 9.79. The van der Waals surface area contributed by atoms with Gasteiger partial charge < -0.3 is 14.6 Å². The molecule has 1 aliphatic rings. The Morgan fingerprint density at radius 3 is 3.05 bits per heavy atom. The molecule has 1 aliphatic heterocycles. The maximum atomic E-state index is 5.26. The van der Waals surface area contributed by atoms with Crippen LogP contribution >= 0.6 is 0 Å². The maximum absolute atomic E-state index is 5.26. The molecule has 0 amide bonds. The van der Waals surface area contributed by atoms with E-state index >= 15 is 0 Å². The summed E-state index contributed by atoms with van der Waals surface area (Å²) < 4.78 is 7.57. The zero-order valence-corrected chi connectivity index (χ0v) is 12.3. The fourth-order valence-electron chi connectivity index (χ4n) is 3.08. The number of nitrogens with one attached hydrogen (secondary N) is 1.